The number of nitrogens with zero attached hydrogens (tertiary/aromatic N) is 2. The van der Waals surface area contributed by atoms with Gasteiger partial charge in [-0.3, -0.25) is 0 Å². The molecule has 0 amide bonds. The lowest BCUT2D eigenvalue weighted by Crippen LogP contribution is -2.28. The molecule has 0 aliphatic heterocycles. The van der Waals surface area contributed by atoms with Gasteiger partial charge in [0.1, 0.15) is 11.6 Å². The fourth-order valence-corrected chi connectivity index (χ4v) is 1.24. The van der Waals surface area contributed by atoms with Gasteiger partial charge in [-0.2, -0.15) is 9.97 Å². The van der Waals surface area contributed by atoms with E-state index >= 15 is 0 Å². The molecule has 0 unspecified atom stereocenters. The lowest BCUT2D eigenvalue weighted by Gasteiger charge is -2.15. The van der Waals surface area contributed by atoms with Crippen molar-refractivity contribution in [3.63, 3.8) is 0 Å². The highest BCUT2D eigenvalue weighted by molar-refractivity contribution is 5.51. The van der Waals surface area contributed by atoms with Crippen molar-refractivity contribution >= 4 is 17.6 Å². The molecule has 1 rings (SSSR count). The molecule has 17 heavy (non-hydrogen) atoms. The summed E-state index contributed by atoms with van der Waals surface area (Å²) in [5, 5.41) is 23.9. The van der Waals surface area contributed by atoms with Crippen LogP contribution in [-0.2, 0) is 0 Å². The van der Waals surface area contributed by atoms with E-state index in [-0.39, 0.29) is 19.2 Å². The largest absolute Gasteiger partial charge is 0.394 e. The molecule has 0 atom stereocenters. The van der Waals surface area contributed by atoms with Crippen LogP contribution < -0.4 is 16.4 Å². The number of aliphatic hydroxyl groups is 2. The van der Waals surface area contributed by atoms with Crippen molar-refractivity contribution in [1.82, 2.24) is 9.97 Å². The Kier molecular flexibility index (Phi) is 5.44. The summed E-state index contributed by atoms with van der Waals surface area (Å²) in [5.74, 6) is 1.24. The molecule has 0 aliphatic rings. The van der Waals surface area contributed by atoms with Gasteiger partial charge in [0.2, 0.25) is 5.95 Å². The average molecular weight is 241 g/mol. The molecule has 0 spiro atoms. The molecule has 96 valence electrons. The Bertz CT molecular complexity index is 343. The minimum absolute atomic E-state index is 0.142. The van der Waals surface area contributed by atoms with Crippen molar-refractivity contribution in [2.45, 2.75) is 19.4 Å². The van der Waals surface area contributed by atoms with Crippen molar-refractivity contribution in [1.29, 1.82) is 0 Å². The van der Waals surface area contributed by atoms with Crippen LogP contribution in [0.3, 0.4) is 0 Å². The van der Waals surface area contributed by atoms with Crippen molar-refractivity contribution in [3.05, 3.63) is 6.07 Å². The van der Waals surface area contributed by atoms with Crippen molar-refractivity contribution in [3.8, 4) is 0 Å². The third-order valence-corrected chi connectivity index (χ3v) is 2.09. The maximum absolute atomic E-state index is 8.95. The SMILES string of the molecule is CCCNc1cc(NC(CO)CO)nc(N)n1. The standard InChI is InChI=1S/C10H19N5O2/c1-2-3-12-8-4-9(15-10(11)14-8)13-7(5-16)6-17/h4,7,16-17H,2-3,5-6H2,1H3,(H4,11,12,13,14,15). The molecule has 0 bridgehead atoms. The van der Waals surface area contributed by atoms with Gasteiger partial charge in [0.25, 0.3) is 0 Å². The molecule has 0 fully saturated rings. The number of nitrogens with one attached hydrogen (secondary N) is 2. The summed E-state index contributed by atoms with van der Waals surface area (Å²) in [6, 6.07) is 1.23. The highest BCUT2D eigenvalue weighted by Crippen LogP contribution is 2.13. The van der Waals surface area contributed by atoms with Crippen LogP contribution in [0.2, 0.25) is 0 Å². The molecule has 7 heteroatoms. The minimum Gasteiger partial charge on any atom is -0.394 e. The molecule has 1 aromatic rings. The molecule has 0 saturated heterocycles. The fourth-order valence-electron chi connectivity index (χ4n) is 1.24. The minimum atomic E-state index is -0.455. The molecular weight excluding hydrogens is 222 g/mol. The van der Waals surface area contributed by atoms with Crippen LogP contribution in [0.5, 0.6) is 0 Å². The Balaban J connectivity index is 2.74. The van der Waals surface area contributed by atoms with Crippen LogP contribution in [0.15, 0.2) is 6.07 Å². The summed E-state index contributed by atoms with van der Waals surface area (Å²) in [7, 11) is 0. The Morgan fingerprint density at radius 1 is 1.29 bits per heavy atom. The summed E-state index contributed by atoms with van der Waals surface area (Å²) in [6.07, 6.45) is 0.975. The Labute approximate surface area is 100 Å². The molecule has 1 heterocycles. The van der Waals surface area contributed by atoms with Gasteiger partial charge < -0.3 is 26.6 Å². The summed E-state index contributed by atoms with van der Waals surface area (Å²) >= 11 is 0. The first kappa shape index (κ1) is 13.5. The molecule has 0 aromatic carbocycles. The Morgan fingerprint density at radius 3 is 2.53 bits per heavy atom. The van der Waals surface area contributed by atoms with E-state index in [1.807, 2.05) is 6.92 Å². The first-order valence-electron chi connectivity index (χ1n) is 5.56. The summed E-state index contributed by atoms with van der Waals surface area (Å²) in [4.78, 5) is 7.99. The summed E-state index contributed by atoms with van der Waals surface area (Å²) < 4.78 is 0. The van der Waals surface area contributed by atoms with Gasteiger partial charge in [-0.1, -0.05) is 6.92 Å². The molecule has 7 nitrogen and oxygen atoms in total. The molecule has 0 aliphatic carbocycles. The van der Waals surface area contributed by atoms with Gasteiger partial charge in [0.05, 0.1) is 19.3 Å². The molecule has 0 saturated carbocycles. The first-order valence-corrected chi connectivity index (χ1v) is 5.56. The third-order valence-electron chi connectivity index (χ3n) is 2.09. The van der Waals surface area contributed by atoms with E-state index in [4.69, 9.17) is 15.9 Å². The number of hydrogen-bond donors (Lipinski definition) is 5. The maximum Gasteiger partial charge on any atom is 0.223 e. The second kappa shape index (κ2) is 6.87. The third kappa shape index (κ3) is 4.41. The van der Waals surface area contributed by atoms with Gasteiger partial charge in [0, 0.05) is 12.6 Å². The highest BCUT2D eigenvalue weighted by atomic mass is 16.3. The van der Waals surface area contributed by atoms with E-state index in [9.17, 15) is 0 Å². The predicted octanol–water partition coefficient (Wildman–Crippen LogP) is -0.354. The van der Waals surface area contributed by atoms with Gasteiger partial charge >= 0.3 is 0 Å². The zero-order chi connectivity index (χ0) is 12.7. The maximum atomic E-state index is 8.95. The predicted molar refractivity (Wildman–Crippen MR) is 66.8 cm³/mol. The van der Waals surface area contributed by atoms with E-state index in [2.05, 4.69) is 20.6 Å². The van der Waals surface area contributed by atoms with Crippen molar-refractivity contribution < 1.29 is 10.2 Å². The number of aliphatic hydroxyl groups excluding tert-OH is 2. The van der Waals surface area contributed by atoms with Crippen LogP contribution in [0.25, 0.3) is 0 Å². The van der Waals surface area contributed by atoms with Gasteiger partial charge in [-0.15, -0.1) is 0 Å². The molecule has 0 radical (unpaired) electrons. The summed E-state index contributed by atoms with van der Waals surface area (Å²) in [5.41, 5.74) is 5.56. The zero-order valence-corrected chi connectivity index (χ0v) is 9.85. The fraction of sp³-hybridized carbons (Fsp3) is 0.600. The number of aromatic nitrogens is 2. The van der Waals surface area contributed by atoms with E-state index in [0.29, 0.717) is 11.6 Å². The quantitative estimate of drug-likeness (QED) is 0.443. The van der Waals surface area contributed by atoms with Crippen LogP contribution in [-0.4, -0.2) is 46.0 Å². The Morgan fingerprint density at radius 2 is 1.94 bits per heavy atom. The number of hydrogen-bond acceptors (Lipinski definition) is 7. The van der Waals surface area contributed by atoms with Crippen LogP contribution in [0.4, 0.5) is 17.6 Å². The van der Waals surface area contributed by atoms with Gasteiger partial charge in [0.15, 0.2) is 0 Å². The second-order valence-electron chi connectivity index (χ2n) is 3.63. The van der Waals surface area contributed by atoms with Crippen molar-refractivity contribution in [2.75, 3.05) is 36.1 Å². The van der Waals surface area contributed by atoms with Gasteiger partial charge in [-0.25, -0.2) is 0 Å². The van der Waals surface area contributed by atoms with Crippen LogP contribution >= 0.6 is 0 Å². The summed E-state index contributed by atoms with van der Waals surface area (Å²) in [6.45, 7) is 2.47. The molecule has 1 aromatic heterocycles. The lowest BCUT2D eigenvalue weighted by molar-refractivity contribution is 0.203. The van der Waals surface area contributed by atoms with Crippen molar-refractivity contribution in [2.24, 2.45) is 0 Å². The molecule has 6 N–H and O–H groups in total. The number of anilines is 3. The van der Waals surface area contributed by atoms with E-state index in [1.165, 1.54) is 0 Å². The van der Waals surface area contributed by atoms with E-state index < -0.39 is 6.04 Å². The van der Waals surface area contributed by atoms with E-state index in [0.717, 1.165) is 13.0 Å². The topological polar surface area (TPSA) is 116 Å². The highest BCUT2D eigenvalue weighted by Gasteiger charge is 2.08. The number of rotatable bonds is 7. The second-order valence-corrected chi connectivity index (χ2v) is 3.63. The van der Waals surface area contributed by atoms with Crippen LogP contribution in [0, 0.1) is 0 Å². The van der Waals surface area contributed by atoms with E-state index in [1.54, 1.807) is 6.07 Å². The first-order chi connectivity index (χ1) is 8.19. The monoisotopic (exact) mass is 241 g/mol. The molecular formula is C10H19N5O2. The van der Waals surface area contributed by atoms with Gasteiger partial charge in [-0.05, 0) is 6.42 Å². The lowest BCUT2D eigenvalue weighted by atomic mass is 10.3. The number of nitrogen functional groups attached to an aromatic ring is 1. The smallest absolute Gasteiger partial charge is 0.223 e. The average Bonchev–Trinajstić information content (AvgIpc) is 2.32. The normalized spacial score (nSPS) is 10.6. The number of nitrogens with two attached hydrogens (primary N) is 1. The Hall–Kier alpha value is -1.60. The zero-order valence-electron chi connectivity index (χ0n) is 9.85. The van der Waals surface area contributed by atoms with Crippen LogP contribution in [0.1, 0.15) is 13.3 Å².